The SMILES string of the molecule is C.C1CCOC1.CC(=O)O.CC(C)(C)c1ccc(N(c2ccc(C(C)(C)C)cc2)c2cccc3c2oc2c(-c4cccc5cccc(Br)c45)cccc23)cc1.CC(C)(C)c1ccc(N(c2ccc(C(C)(C)C)cc2)c2cccc3c2oc2c4c(ccc23)C2(c3ccccc3-c3ccccc32)c2cccc3cccc-4c23)cc1.Cl.O=C1c2ccccc2-c2ccccc21.[CH2-]CCC.[Li+]. The molecule has 0 amide bonds. The number of carbonyl (C=O) groups is 2. The van der Waals surface area contributed by atoms with E-state index in [9.17, 15) is 4.79 Å². The molecule has 0 atom stereocenters. The van der Waals surface area contributed by atoms with Crippen LogP contribution in [-0.2, 0) is 36.6 Å². The van der Waals surface area contributed by atoms with Gasteiger partial charge in [0.1, 0.15) is 11.2 Å². The van der Waals surface area contributed by atoms with Crippen molar-refractivity contribution in [2.24, 2.45) is 0 Å². The molecule has 662 valence electrons. The molecular weight excluding hydrogens is 1700 g/mol. The largest absolute Gasteiger partial charge is 1.00 e. The number of carboxylic acid groups (broad SMARTS) is 1. The van der Waals surface area contributed by atoms with Crippen LogP contribution in [0.15, 0.2) is 347 Å². The number of unbranched alkanes of at least 4 members (excludes halogenated alkanes) is 1. The Bertz CT molecular complexity index is 7010. The van der Waals surface area contributed by atoms with Crippen molar-refractivity contribution in [1.82, 2.24) is 0 Å². The molecule has 1 spiro atoms. The number of nitrogens with zero attached hydrogens (tertiary/aromatic N) is 2. The maximum absolute atomic E-state index is 11.9. The van der Waals surface area contributed by atoms with Gasteiger partial charge in [0.05, 0.1) is 16.8 Å². The number of para-hydroxylation sites is 3. The van der Waals surface area contributed by atoms with Crippen LogP contribution in [0.3, 0.4) is 0 Å². The minimum atomic E-state index is -0.833. The van der Waals surface area contributed by atoms with Crippen molar-refractivity contribution in [2.45, 2.75) is 157 Å². The summed E-state index contributed by atoms with van der Waals surface area (Å²) in [4.78, 5) is 25.6. The van der Waals surface area contributed by atoms with E-state index < -0.39 is 11.4 Å². The molecule has 2 aromatic heterocycles. The van der Waals surface area contributed by atoms with Gasteiger partial charge in [0, 0.05) is 96.5 Å². The van der Waals surface area contributed by atoms with Crippen molar-refractivity contribution in [3.63, 3.8) is 0 Å². The second kappa shape index (κ2) is 39.2. The first-order valence-corrected chi connectivity index (χ1v) is 46.0. The summed E-state index contributed by atoms with van der Waals surface area (Å²) in [5.74, 6) is -0.684. The molecule has 3 aliphatic carbocycles. The van der Waals surface area contributed by atoms with Gasteiger partial charge < -0.3 is 35.4 Å². The van der Waals surface area contributed by atoms with Gasteiger partial charge in [0.2, 0.25) is 0 Å². The van der Waals surface area contributed by atoms with Gasteiger partial charge in [-0.1, -0.05) is 387 Å². The van der Waals surface area contributed by atoms with E-state index in [1.807, 2.05) is 48.5 Å². The van der Waals surface area contributed by atoms with Crippen LogP contribution < -0.4 is 28.7 Å². The van der Waals surface area contributed by atoms with Crippen molar-refractivity contribution in [3.8, 4) is 44.5 Å². The number of aliphatic carboxylic acids is 1. The van der Waals surface area contributed by atoms with Crippen LogP contribution in [0, 0.1) is 6.92 Å². The van der Waals surface area contributed by atoms with Crippen LogP contribution in [-0.4, -0.2) is 30.1 Å². The third-order valence-electron chi connectivity index (χ3n) is 25.5. The summed E-state index contributed by atoms with van der Waals surface area (Å²) in [6.45, 7) is 36.0. The minimum absolute atomic E-state index is 0. The zero-order valence-corrected chi connectivity index (χ0v) is 80.3. The molecule has 0 radical (unpaired) electrons. The molecule has 3 heterocycles. The first-order chi connectivity index (χ1) is 62.1. The number of carbonyl (C=O) groups excluding carboxylic acids is 1. The molecule has 1 N–H and O–H groups in total. The normalized spacial score (nSPS) is 12.9. The smallest absolute Gasteiger partial charge is 0.481 e. The van der Waals surface area contributed by atoms with Crippen molar-refractivity contribution >= 4 is 140 Å². The number of benzene rings is 16. The Morgan fingerprint density at radius 1 is 0.371 bits per heavy atom. The third kappa shape index (κ3) is 18.2. The second-order valence-electron chi connectivity index (χ2n) is 38.2. The molecule has 132 heavy (non-hydrogen) atoms. The number of hydrogen-bond acceptors (Lipinski definition) is 7. The Morgan fingerprint density at radius 2 is 0.689 bits per heavy atom. The minimum Gasteiger partial charge on any atom is -0.481 e. The molecule has 0 bridgehead atoms. The zero-order chi connectivity index (χ0) is 90.4. The number of carboxylic acids is 1. The van der Waals surface area contributed by atoms with Gasteiger partial charge in [-0.3, -0.25) is 9.59 Å². The van der Waals surface area contributed by atoms with E-state index in [1.54, 1.807) is 0 Å². The number of rotatable bonds is 8. The van der Waals surface area contributed by atoms with Crippen LogP contribution >= 0.6 is 28.3 Å². The fraction of sp³-hybridized carbons (Fsp3) is 0.215. The van der Waals surface area contributed by atoms with Crippen LogP contribution in [0.4, 0.5) is 34.1 Å². The Morgan fingerprint density at radius 3 is 1.09 bits per heavy atom. The van der Waals surface area contributed by atoms with Crippen LogP contribution in [0.1, 0.15) is 190 Å². The number of hydrogen-bond donors (Lipinski definition) is 1. The molecule has 8 nitrogen and oxygen atoms in total. The predicted molar refractivity (Wildman–Crippen MR) is 559 cm³/mol. The van der Waals surface area contributed by atoms with E-state index in [4.69, 9.17) is 23.5 Å². The summed E-state index contributed by atoms with van der Waals surface area (Å²) in [6.07, 6.45) is 4.83. The standard InChI is InChI=1S/C55H45NO.C42H38BrNO.C13H8O.C4H8O.C4H9.C2H4O2.CH4.ClH.Li/c1-53(2,3)35-24-28-37(29-25-35)56(38-30-26-36(27-31-38)54(4,5)6)48-23-13-18-41-42-32-33-47-50(52(42)57-51(41)48)43-19-11-14-34-15-12-22-46(49(34)43)55(47)44-20-9-7-16-39(44)40-17-8-10-21-45(40)55;1-41(2,3)28-19-23-30(24-20-28)44(31-25-21-29(22-26-31)42(4,5)6)37-18-10-16-35-34-15-9-14-33(39(34)45-40(35)37)32-13-7-11-27-12-8-17-36(43)38(27)32;14-13-11-7-3-1-5-9(11)10-6-2-4-8-12(10)13;1-2-4-5-3-1;1-3-4-2;1-2(3)4;;;/h7-33H,1-6H3;7-26H,1-6H3;1-8H;1-4H2;1,3-4H2,2H3;1H3,(H,3,4);1H4;1H;/q;;;;-1;;;;+1. The van der Waals surface area contributed by atoms with Crippen LogP contribution in [0.2, 0.25) is 0 Å². The average molecular weight is 1820 g/mol. The molecule has 1 fully saturated rings. The second-order valence-corrected chi connectivity index (χ2v) is 39.1. The fourth-order valence-electron chi connectivity index (χ4n) is 18.9. The molecule has 4 aliphatic rings. The number of fused-ring (bicyclic) bond motifs is 20. The Balaban J connectivity index is 0.000000164. The maximum atomic E-state index is 11.9. The van der Waals surface area contributed by atoms with Gasteiger partial charge in [0.25, 0.3) is 5.97 Å². The Labute approximate surface area is 805 Å². The van der Waals surface area contributed by atoms with Gasteiger partial charge in [-0.2, -0.15) is 6.42 Å². The molecule has 1 aliphatic heterocycles. The number of anilines is 6. The van der Waals surface area contributed by atoms with Crippen molar-refractivity contribution < 1.29 is 47.1 Å². The van der Waals surface area contributed by atoms with Gasteiger partial charge in [-0.25, -0.2) is 0 Å². The Kier molecular flexibility index (Phi) is 28.5. The van der Waals surface area contributed by atoms with E-state index in [2.05, 4.69) is 408 Å². The predicted octanol–water partition coefficient (Wildman–Crippen LogP) is 31.8. The van der Waals surface area contributed by atoms with E-state index in [0.29, 0.717) is 0 Å². The van der Waals surface area contributed by atoms with Gasteiger partial charge in [-0.05, 0) is 195 Å². The number of furan rings is 2. The van der Waals surface area contributed by atoms with Gasteiger partial charge in [-0.15, -0.1) is 12.4 Å². The first kappa shape index (κ1) is 95.8. The summed E-state index contributed by atoms with van der Waals surface area (Å²) in [5, 5.41) is 16.8. The summed E-state index contributed by atoms with van der Waals surface area (Å²) >= 11 is 3.82. The summed E-state index contributed by atoms with van der Waals surface area (Å²) in [7, 11) is 0. The van der Waals surface area contributed by atoms with Gasteiger partial charge >= 0.3 is 18.9 Å². The van der Waals surface area contributed by atoms with Crippen LogP contribution in [0.5, 0.6) is 0 Å². The molecule has 1 saturated heterocycles. The van der Waals surface area contributed by atoms with Crippen molar-refractivity contribution in [3.05, 3.63) is 401 Å². The molecule has 22 rings (SSSR count). The molecule has 16 aromatic carbocycles. The summed E-state index contributed by atoms with van der Waals surface area (Å²) in [6, 6.07) is 120. The maximum Gasteiger partial charge on any atom is 1.00 e. The van der Waals surface area contributed by atoms with Crippen LogP contribution in [0.25, 0.3) is 110 Å². The first-order valence-electron chi connectivity index (χ1n) is 45.2. The van der Waals surface area contributed by atoms with E-state index in [-0.39, 0.29) is 66.1 Å². The quantitative estimate of drug-likeness (QED) is 0.119. The molecular formula is C121H117BrClLiN2O6. The molecule has 0 unspecified atom stereocenters. The number of ether oxygens (including phenoxy) is 1. The van der Waals surface area contributed by atoms with E-state index >= 15 is 0 Å². The molecule has 18 aromatic rings. The van der Waals surface area contributed by atoms with Crippen molar-refractivity contribution in [2.75, 3.05) is 23.0 Å². The molecule has 0 saturated carbocycles. The van der Waals surface area contributed by atoms with Crippen molar-refractivity contribution in [1.29, 1.82) is 0 Å². The van der Waals surface area contributed by atoms with Gasteiger partial charge in [0.15, 0.2) is 16.9 Å². The summed E-state index contributed by atoms with van der Waals surface area (Å²) in [5.41, 5.74) is 31.3. The van der Waals surface area contributed by atoms with E-state index in [0.717, 1.165) is 142 Å². The third-order valence-corrected chi connectivity index (χ3v) is 26.2. The summed E-state index contributed by atoms with van der Waals surface area (Å²) < 4.78 is 20.4. The number of halogens is 2. The number of ketones is 1. The molecule has 11 heteroatoms. The monoisotopic (exact) mass is 1810 g/mol. The Hall–Kier alpha value is -12.3. The topological polar surface area (TPSA) is 96.4 Å². The average Bonchev–Trinajstić information content (AvgIpc) is 1.48. The fourth-order valence-corrected chi connectivity index (χ4v) is 19.5. The van der Waals surface area contributed by atoms with E-state index in [1.165, 1.54) is 108 Å². The zero-order valence-electron chi connectivity index (χ0n) is 77.9.